The highest BCUT2D eigenvalue weighted by atomic mass is 16.5. The lowest BCUT2D eigenvalue weighted by atomic mass is 10.4. The summed E-state index contributed by atoms with van der Waals surface area (Å²) in [5, 5.41) is 8.85. The van der Waals surface area contributed by atoms with Gasteiger partial charge in [0, 0.05) is 12.3 Å². The van der Waals surface area contributed by atoms with Crippen LogP contribution in [0.3, 0.4) is 0 Å². The van der Waals surface area contributed by atoms with Gasteiger partial charge in [0.2, 0.25) is 0 Å². The molecule has 0 aliphatic carbocycles. The Morgan fingerprint density at radius 3 is 3.13 bits per heavy atom. The van der Waals surface area contributed by atoms with Gasteiger partial charge in [-0.2, -0.15) is 0 Å². The van der Waals surface area contributed by atoms with Crippen LogP contribution in [0.15, 0.2) is 24.5 Å². The summed E-state index contributed by atoms with van der Waals surface area (Å²) < 4.78 is 6.79. The van der Waals surface area contributed by atoms with Gasteiger partial charge < -0.3 is 9.84 Å². The average molecular weight is 206 g/mol. The molecule has 78 valence electrons. The molecule has 0 saturated heterocycles. The lowest BCUT2D eigenvalue weighted by Crippen LogP contribution is -2.01. The SMILES string of the molecule is CCOc1ccn2c(C(=O)O)cnc2c1. The van der Waals surface area contributed by atoms with E-state index in [1.807, 2.05) is 6.92 Å². The molecular formula is C10H10N2O3. The van der Waals surface area contributed by atoms with E-state index in [0.29, 0.717) is 18.0 Å². The van der Waals surface area contributed by atoms with Crippen LogP contribution in [0.1, 0.15) is 17.4 Å². The first kappa shape index (κ1) is 9.51. The molecule has 0 atom stereocenters. The van der Waals surface area contributed by atoms with Crippen LogP contribution in [0.4, 0.5) is 0 Å². The average Bonchev–Trinajstić information content (AvgIpc) is 2.61. The summed E-state index contributed by atoms with van der Waals surface area (Å²) in [5.41, 5.74) is 0.714. The highest BCUT2D eigenvalue weighted by Crippen LogP contribution is 2.15. The molecule has 5 heteroatoms. The Labute approximate surface area is 85.9 Å². The topological polar surface area (TPSA) is 63.8 Å². The molecule has 0 amide bonds. The summed E-state index contributed by atoms with van der Waals surface area (Å²) in [6, 6.07) is 3.42. The second-order valence-corrected chi connectivity index (χ2v) is 2.97. The highest BCUT2D eigenvalue weighted by molar-refractivity contribution is 5.86. The minimum absolute atomic E-state index is 0.146. The lowest BCUT2D eigenvalue weighted by molar-refractivity contribution is 0.0689. The van der Waals surface area contributed by atoms with Crippen molar-refractivity contribution in [2.45, 2.75) is 6.92 Å². The zero-order valence-corrected chi connectivity index (χ0v) is 8.17. The Balaban J connectivity index is 2.51. The standard InChI is InChI=1S/C10H10N2O3/c1-2-15-7-3-4-12-8(10(13)14)6-11-9(12)5-7/h3-6H,2H2,1H3,(H,13,14). The van der Waals surface area contributed by atoms with Crippen LogP contribution in [0.25, 0.3) is 5.65 Å². The molecule has 0 aromatic carbocycles. The van der Waals surface area contributed by atoms with Crippen LogP contribution in [-0.4, -0.2) is 27.1 Å². The van der Waals surface area contributed by atoms with E-state index in [1.54, 1.807) is 18.3 Å². The fourth-order valence-electron chi connectivity index (χ4n) is 1.38. The van der Waals surface area contributed by atoms with Crippen LogP contribution in [-0.2, 0) is 0 Å². The molecule has 0 aliphatic heterocycles. The van der Waals surface area contributed by atoms with Gasteiger partial charge in [-0.25, -0.2) is 9.78 Å². The van der Waals surface area contributed by atoms with Gasteiger partial charge in [-0.3, -0.25) is 4.40 Å². The van der Waals surface area contributed by atoms with Crippen molar-refractivity contribution in [3.63, 3.8) is 0 Å². The number of carbonyl (C=O) groups is 1. The lowest BCUT2D eigenvalue weighted by Gasteiger charge is -2.03. The summed E-state index contributed by atoms with van der Waals surface area (Å²) in [7, 11) is 0. The number of fused-ring (bicyclic) bond motifs is 1. The zero-order valence-electron chi connectivity index (χ0n) is 8.17. The van der Waals surface area contributed by atoms with E-state index in [2.05, 4.69) is 4.98 Å². The summed E-state index contributed by atoms with van der Waals surface area (Å²) >= 11 is 0. The van der Waals surface area contributed by atoms with Crippen LogP contribution in [0.2, 0.25) is 0 Å². The zero-order chi connectivity index (χ0) is 10.8. The Morgan fingerprint density at radius 1 is 1.67 bits per heavy atom. The number of carboxylic acid groups (broad SMARTS) is 1. The molecule has 0 aliphatic rings. The smallest absolute Gasteiger partial charge is 0.354 e. The molecule has 2 heterocycles. The second kappa shape index (κ2) is 3.61. The quantitative estimate of drug-likeness (QED) is 0.825. The number of hydrogen-bond donors (Lipinski definition) is 1. The van der Waals surface area contributed by atoms with Gasteiger partial charge >= 0.3 is 5.97 Å². The fraction of sp³-hybridized carbons (Fsp3) is 0.200. The van der Waals surface area contributed by atoms with Gasteiger partial charge in [-0.05, 0) is 13.0 Å². The molecule has 5 nitrogen and oxygen atoms in total. The molecule has 0 unspecified atom stereocenters. The molecule has 2 rings (SSSR count). The largest absolute Gasteiger partial charge is 0.494 e. The molecule has 0 spiro atoms. The number of aromatic nitrogens is 2. The van der Waals surface area contributed by atoms with Gasteiger partial charge in [0.25, 0.3) is 0 Å². The number of ether oxygens (including phenoxy) is 1. The predicted molar refractivity (Wildman–Crippen MR) is 53.3 cm³/mol. The minimum Gasteiger partial charge on any atom is -0.494 e. The van der Waals surface area contributed by atoms with Gasteiger partial charge in [0.05, 0.1) is 12.8 Å². The second-order valence-electron chi connectivity index (χ2n) is 2.97. The van der Waals surface area contributed by atoms with Crippen molar-refractivity contribution in [1.29, 1.82) is 0 Å². The minimum atomic E-state index is -0.994. The molecule has 2 aromatic rings. The molecular weight excluding hydrogens is 196 g/mol. The van der Waals surface area contributed by atoms with Crippen LogP contribution in [0.5, 0.6) is 5.75 Å². The first-order valence-electron chi connectivity index (χ1n) is 4.55. The fourth-order valence-corrected chi connectivity index (χ4v) is 1.38. The maximum absolute atomic E-state index is 10.8. The Bertz CT molecular complexity index is 504. The number of nitrogens with zero attached hydrogens (tertiary/aromatic N) is 2. The third-order valence-electron chi connectivity index (χ3n) is 2.01. The molecule has 2 aromatic heterocycles. The van der Waals surface area contributed by atoms with E-state index in [1.165, 1.54) is 10.6 Å². The van der Waals surface area contributed by atoms with Gasteiger partial charge in [0.15, 0.2) is 5.69 Å². The van der Waals surface area contributed by atoms with E-state index < -0.39 is 5.97 Å². The molecule has 0 fully saturated rings. The van der Waals surface area contributed by atoms with Crippen molar-refractivity contribution < 1.29 is 14.6 Å². The maximum Gasteiger partial charge on any atom is 0.354 e. The van der Waals surface area contributed by atoms with E-state index >= 15 is 0 Å². The molecule has 15 heavy (non-hydrogen) atoms. The van der Waals surface area contributed by atoms with E-state index in [4.69, 9.17) is 9.84 Å². The summed E-state index contributed by atoms with van der Waals surface area (Å²) in [6.45, 7) is 2.46. The number of imidazole rings is 1. The van der Waals surface area contributed by atoms with Crippen molar-refractivity contribution in [2.24, 2.45) is 0 Å². The maximum atomic E-state index is 10.8. The Hall–Kier alpha value is -2.04. The summed E-state index contributed by atoms with van der Waals surface area (Å²) in [4.78, 5) is 14.8. The van der Waals surface area contributed by atoms with Gasteiger partial charge in [-0.15, -0.1) is 0 Å². The Morgan fingerprint density at radius 2 is 2.47 bits per heavy atom. The number of rotatable bonds is 3. The van der Waals surface area contributed by atoms with Gasteiger partial charge in [-0.1, -0.05) is 0 Å². The van der Waals surface area contributed by atoms with Crippen LogP contribution < -0.4 is 4.74 Å². The monoisotopic (exact) mass is 206 g/mol. The number of pyridine rings is 1. The number of aromatic carboxylic acids is 1. The normalized spacial score (nSPS) is 10.5. The van der Waals surface area contributed by atoms with Gasteiger partial charge in [0.1, 0.15) is 11.4 Å². The van der Waals surface area contributed by atoms with Crippen molar-refractivity contribution in [1.82, 2.24) is 9.38 Å². The third-order valence-corrected chi connectivity index (χ3v) is 2.01. The first-order chi connectivity index (χ1) is 7.22. The number of hydrogen-bond acceptors (Lipinski definition) is 3. The van der Waals surface area contributed by atoms with Crippen molar-refractivity contribution in [3.05, 3.63) is 30.2 Å². The van der Waals surface area contributed by atoms with E-state index in [-0.39, 0.29) is 5.69 Å². The van der Waals surface area contributed by atoms with Crippen LogP contribution in [0, 0.1) is 0 Å². The Kier molecular flexibility index (Phi) is 2.29. The van der Waals surface area contributed by atoms with Crippen molar-refractivity contribution in [3.8, 4) is 5.75 Å². The van der Waals surface area contributed by atoms with Crippen molar-refractivity contribution in [2.75, 3.05) is 6.61 Å². The first-order valence-corrected chi connectivity index (χ1v) is 4.55. The molecule has 1 N–H and O–H groups in total. The number of carboxylic acids is 1. The molecule has 0 bridgehead atoms. The van der Waals surface area contributed by atoms with Crippen LogP contribution >= 0.6 is 0 Å². The third kappa shape index (κ3) is 1.63. The predicted octanol–water partition coefficient (Wildman–Crippen LogP) is 1.43. The molecule has 0 radical (unpaired) electrons. The van der Waals surface area contributed by atoms with E-state index in [9.17, 15) is 4.79 Å². The molecule has 0 saturated carbocycles. The summed E-state index contributed by atoms with van der Waals surface area (Å²) in [6.07, 6.45) is 2.96. The van der Waals surface area contributed by atoms with E-state index in [0.717, 1.165) is 0 Å². The summed E-state index contributed by atoms with van der Waals surface area (Å²) in [5.74, 6) is -0.306. The highest BCUT2D eigenvalue weighted by Gasteiger charge is 2.10. The van der Waals surface area contributed by atoms with Crippen molar-refractivity contribution >= 4 is 11.6 Å².